The van der Waals surface area contributed by atoms with Gasteiger partial charge in [0.1, 0.15) is 5.82 Å². The molecule has 0 bridgehead atoms. The van der Waals surface area contributed by atoms with Crippen molar-refractivity contribution in [2.75, 3.05) is 6.54 Å². The quantitative estimate of drug-likeness (QED) is 0.818. The van der Waals surface area contributed by atoms with Crippen molar-refractivity contribution < 1.29 is 4.39 Å². The van der Waals surface area contributed by atoms with E-state index in [2.05, 4.69) is 10.3 Å². The van der Waals surface area contributed by atoms with Gasteiger partial charge in [-0.3, -0.25) is 4.98 Å². The summed E-state index contributed by atoms with van der Waals surface area (Å²) >= 11 is 0. The van der Waals surface area contributed by atoms with Gasteiger partial charge in [-0.1, -0.05) is 18.2 Å². The first-order valence-electron chi connectivity index (χ1n) is 6.11. The fourth-order valence-electron chi connectivity index (χ4n) is 1.74. The number of aromatic nitrogens is 1. The average molecular weight is 244 g/mol. The highest BCUT2D eigenvalue weighted by Crippen LogP contribution is 2.08. The number of nitrogens with zero attached hydrogens (tertiary/aromatic N) is 1. The van der Waals surface area contributed by atoms with E-state index in [1.165, 1.54) is 0 Å². The zero-order valence-corrected chi connectivity index (χ0v) is 10.5. The van der Waals surface area contributed by atoms with Gasteiger partial charge in [0.15, 0.2) is 0 Å². The first kappa shape index (κ1) is 12.7. The number of halogens is 1. The molecule has 0 radical (unpaired) electrons. The van der Waals surface area contributed by atoms with E-state index in [0.29, 0.717) is 12.1 Å². The Morgan fingerprint density at radius 1 is 1.22 bits per heavy atom. The van der Waals surface area contributed by atoms with E-state index in [9.17, 15) is 4.39 Å². The molecule has 2 nitrogen and oxygen atoms in total. The summed E-state index contributed by atoms with van der Waals surface area (Å²) in [6.07, 6.45) is 2.68. The van der Waals surface area contributed by atoms with Gasteiger partial charge in [-0.05, 0) is 36.2 Å². The lowest BCUT2D eigenvalue weighted by atomic mass is 10.1. The zero-order valence-electron chi connectivity index (χ0n) is 10.5. The van der Waals surface area contributed by atoms with Gasteiger partial charge in [-0.25, -0.2) is 4.39 Å². The Morgan fingerprint density at radius 2 is 2.11 bits per heavy atom. The van der Waals surface area contributed by atoms with Crippen LogP contribution in [0.5, 0.6) is 0 Å². The summed E-state index contributed by atoms with van der Waals surface area (Å²) in [5.74, 6) is -0.140. The average Bonchev–Trinajstić information content (AvgIpc) is 2.40. The van der Waals surface area contributed by atoms with Crippen molar-refractivity contribution in [2.24, 2.45) is 0 Å². The molecule has 0 amide bonds. The van der Waals surface area contributed by atoms with Crippen LogP contribution < -0.4 is 5.32 Å². The minimum absolute atomic E-state index is 0.140. The molecule has 0 atom stereocenters. The lowest BCUT2D eigenvalue weighted by molar-refractivity contribution is 0.611. The van der Waals surface area contributed by atoms with Crippen molar-refractivity contribution in [3.8, 4) is 0 Å². The Morgan fingerprint density at radius 3 is 2.83 bits per heavy atom. The molecular formula is C15H17FN2. The number of aryl methyl sites for hydroxylation is 1. The Bertz CT molecular complexity index is 497. The molecule has 3 heteroatoms. The largest absolute Gasteiger partial charge is 0.312 e. The fraction of sp³-hybridized carbons (Fsp3) is 0.267. The number of nitrogens with one attached hydrogen (secondary N) is 1. The van der Waals surface area contributed by atoms with Crippen LogP contribution in [0.2, 0.25) is 0 Å². The Kier molecular flexibility index (Phi) is 4.42. The third-order valence-electron chi connectivity index (χ3n) is 2.85. The summed E-state index contributed by atoms with van der Waals surface area (Å²) in [6, 6.07) is 11.2. The number of hydrogen-bond donors (Lipinski definition) is 1. The van der Waals surface area contributed by atoms with Gasteiger partial charge in [0.25, 0.3) is 0 Å². The monoisotopic (exact) mass is 244 g/mol. The maximum Gasteiger partial charge on any atom is 0.126 e. The van der Waals surface area contributed by atoms with Gasteiger partial charge in [-0.15, -0.1) is 0 Å². The number of rotatable bonds is 5. The topological polar surface area (TPSA) is 24.9 Å². The minimum atomic E-state index is -0.140. The van der Waals surface area contributed by atoms with Crippen molar-refractivity contribution in [3.63, 3.8) is 0 Å². The predicted molar refractivity (Wildman–Crippen MR) is 70.8 cm³/mol. The van der Waals surface area contributed by atoms with Crippen molar-refractivity contribution in [2.45, 2.75) is 19.9 Å². The third kappa shape index (κ3) is 3.64. The van der Waals surface area contributed by atoms with Crippen molar-refractivity contribution in [1.29, 1.82) is 0 Å². The van der Waals surface area contributed by atoms with E-state index < -0.39 is 0 Å². The summed E-state index contributed by atoms with van der Waals surface area (Å²) in [5.41, 5.74) is 2.73. The van der Waals surface area contributed by atoms with Crippen molar-refractivity contribution in [1.82, 2.24) is 10.3 Å². The van der Waals surface area contributed by atoms with Crippen LogP contribution in [0.3, 0.4) is 0 Å². The van der Waals surface area contributed by atoms with Crippen molar-refractivity contribution >= 4 is 0 Å². The van der Waals surface area contributed by atoms with Crippen LogP contribution in [0.25, 0.3) is 0 Å². The third-order valence-corrected chi connectivity index (χ3v) is 2.85. The minimum Gasteiger partial charge on any atom is -0.312 e. The molecule has 0 aliphatic carbocycles. The molecule has 1 heterocycles. The Balaban J connectivity index is 1.77. The second-order valence-corrected chi connectivity index (χ2v) is 4.33. The fourth-order valence-corrected chi connectivity index (χ4v) is 1.74. The van der Waals surface area contributed by atoms with Crippen LogP contribution in [0, 0.1) is 12.7 Å². The number of pyridine rings is 1. The molecule has 2 rings (SSSR count). The molecule has 0 unspecified atom stereocenters. The van der Waals surface area contributed by atoms with Gasteiger partial charge in [0.05, 0.1) is 0 Å². The Labute approximate surface area is 107 Å². The highest BCUT2D eigenvalue weighted by atomic mass is 19.1. The number of benzene rings is 1. The maximum absolute atomic E-state index is 13.3. The highest BCUT2D eigenvalue weighted by Gasteiger charge is 1.99. The maximum atomic E-state index is 13.3. The van der Waals surface area contributed by atoms with Crippen LogP contribution in [-0.4, -0.2) is 11.5 Å². The SMILES string of the molecule is Cc1ccc(CNCCc2ccccn2)cc1F. The Hall–Kier alpha value is -1.74. The standard InChI is InChI=1S/C15H17FN2/c1-12-5-6-13(10-15(12)16)11-17-9-7-14-4-2-3-8-18-14/h2-6,8,10,17H,7,9,11H2,1H3. The molecule has 0 saturated heterocycles. The van der Waals surface area contributed by atoms with Crippen LogP contribution >= 0.6 is 0 Å². The van der Waals surface area contributed by atoms with E-state index in [1.54, 1.807) is 19.2 Å². The zero-order chi connectivity index (χ0) is 12.8. The highest BCUT2D eigenvalue weighted by molar-refractivity contribution is 5.23. The summed E-state index contributed by atoms with van der Waals surface area (Å²) in [5, 5.41) is 3.29. The van der Waals surface area contributed by atoms with Gasteiger partial charge < -0.3 is 5.32 Å². The lowest BCUT2D eigenvalue weighted by Gasteiger charge is -2.06. The van der Waals surface area contributed by atoms with Crippen LogP contribution in [0.15, 0.2) is 42.6 Å². The molecule has 1 aromatic heterocycles. The molecule has 0 spiro atoms. The van der Waals surface area contributed by atoms with Gasteiger partial charge in [0, 0.05) is 31.4 Å². The second kappa shape index (κ2) is 6.26. The smallest absolute Gasteiger partial charge is 0.126 e. The molecule has 1 N–H and O–H groups in total. The summed E-state index contributed by atoms with van der Waals surface area (Å²) in [4.78, 5) is 4.25. The van der Waals surface area contributed by atoms with Gasteiger partial charge in [-0.2, -0.15) is 0 Å². The molecule has 1 aromatic carbocycles. The second-order valence-electron chi connectivity index (χ2n) is 4.33. The van der Waals surface area contributed by atoms with E-state index in [0.717, 1.165) is 24.2 Å². The van der Waals surface area contributed by atoms with Gasteiger partial charge >= 0.3 is 0 Å². The van der Waals surface area contributed by atoms with Crippen LogP contribution in [0.1, 0.15) is 16.8 Å². The number of hydrogen-bond acceptors (Lipinski definition) is 2. The summed E-state index contributed by atoms with van der Waals surface area (Å²) < 4.78 is 13.3. The van der Waals surface area contributed by atoms with E-state index in [-0.39, 0.29) is 5.82 Å². The summed E-state index contributed by atoms with van der Waals surface area (Å²) in [7, 11) is 0. The lowest BCUT2D eigenvalue weighted by Crippen LogP contribution is -2.17. The molecule has 0 fully saturated rings. The molecule has 0 saturated carbocycles. The van der Waals surface area contributed by atoms with E-state index in [4.69, 9.17) is 0 Å². The molecule has 2 aromatic rings. The molecule has 0 aliphatic heterocycles. The summed E-state index contributed by atoms with van der Waals surface area (Å²) in [6.45, 7) is 3.30. The molecular weight excluding hydrogens is 227 g/mol. The molecule has 94 valence electrons. The first-order valence-corrected chi connectivity index (χ1v) is 6.11. The van der Waals surface area contributed by atoms with Crippen molar-refractivity contribution in [3.05, 3.63) is 65.2 Å². The van der Waals surface area contributed by atoms with E-state index >= 15 is 0 Å². The normalized spacial score (nSPS) is 10.6. The first-order chi connectivity index (χ1) is 8.75. The van der Waals surface area contributed by atoms with Gasteiger partial charge in [0.2, 0.25) is 0 Å². The predicted octanol–water partition coefficient (Wildman–Crippen LogP) is 2.86. The van der Waals surface area contributed by atoms with Crippen LogP contribution in [-0.2, 0) is 13.0 Å². The molecule has 0 aliphatic rings. The van der Waals surface area contributed by atoms with Crippen LogP contribution in [0.4, 0.5) is 4.39 Å². The molecule has 18 heavy (non-hydrogen) atoms. The van der Waals surface area contributed by atoms with E-state index in [1.807, 2.05) is 30.3 Å².